The van der Waals surface area contributed by atoms with Crippen LogP contribution in [0.1, 0.15) is 13.3 Å². The zero-order valence-corrected chi connectivity index (χ0v) is 11.8. The monoisotopic (exact) mass is 296 g/mol. The number of anilines is 1. The van der Waals surface area contributed by atoms with Crippen LogP contribution >= 0.6 is 15.9 Å². The lowest BCUT2D eigenvalue weighted by Crippen LogP contribution is -2.37. The molecule has 92 valence electrons. The molecule has 1 amide bonds. The van der Waals surface area contributed by atoms with Gasteiger partial charge in [0.05, 0.1) is 6.04 Å². The van der Waals surface area contributed by atoms with Crippen molar-refractivity contribution in [2.24, 2.45) is 0 Å². The molecule has 2 rings (SSSR count). The molecule has 1 aliphatic heterocycles. The molecule has 0 spiro atoms. The quantitative estimate of drug-likeness (QED) is 0.837. The third kappa shape index (κ3) is 2.80. The van der Waals surface area contributed by atoms with Crippen LogP contribution in [-0.2, 0) is 4.79 Å². The van der Waals surface area contributed by atoms with E-state index in [1.165, 1.54) is 5.69 Å². The van der Waals surface area contributed by atoms with Gasteiger partial charge in [-0.25, -0.2) is 0 Å². The second-order valence-electron chi connectivity index (χ2n) is 4.50. The Labute approximate surface area is 111 Å². The Morgan fingerprint density at radius 2 is 2.29 bits per heavy atom. The first-order valence-corrected chi connectivity index (χ1v) is 6.61. The van der Waals surface area contributed by atoms with E-state index in [9.17, 15) is 4.79 Å². The minimum atomic E-state index is 0.145. The van der Waals surface area contributed by atoms with Gasteiger partial charge in [-0.05, 0) is 24.6 Å². The van der Waals surface area contributed by atoms with Crippen LogP contribution in [0.5, 0.6) is 0 Å². The number of hydrogen-bond acceptors (Lipinski definition) is 2. The van der Waals surface area contributed by atoms with Crippen molar-refractivity contribution in [1.29, 1.82) is 0 Å². The van der Waals surface area contributed by atoms with E-state index in [1.54, 1.807) is 6.92 Å². The molecule has 0 aliphatic carbocycles. The Morgan fingerprint density at radius 1 is 1.53 bits per heavy atom. The number of likely N-dealkylation sites (N-methyl/N-ethyl adjacent to an activating group) is 1. The van der Waals surface area contributed by atoms with Gasteiger partial charge in [0.25, 0.3) is 0 Å². The van der Waals surface area contributed by atoms with E-state index in [1.807, 2.05) is 24.1 Å². The third-order valence-corrected chi connectivity index (χ3v) is 3.87. The Kier molecular flexibility index (Phi) is 3.72. The minimum Gasteiger partial charge on any atom is -0.369 e. The first kappa shape index (κ1) is 12.4. The number of carbonyl (C=O) groups is 1. The molecule has 0 N–H and O–H groups in total. The summed E-state index contributed by atoms with van der Waals surface area (Å²) in [5.41, 5.74) is 1.22. The summed E-state index contributed by atoms with van der Waals surface area (Å²) in [5, 5.41) is 0. The number of nitrogens with zero attached hydrogens (tertiary/aromatic N) is 2. The van der Waals surface area contributed by atoms with E-state index in [0.29, 0.717) is 6.04 Å². The smallest absolute Gasteiger partial charge is 0.219 e. The molecule has 1 atom stereocenters. The molecule has 1 aromatic rings. The average molecular weight is 297 g/mol. The fourth-order valence-corrected chi connectivity index (χ4v) is 2.61. The van der Waals surface area contributed by atoms with E-state index in [2.05, 4.69) is 33.0 Å². The first-order valence-electron chi connectivity index (χ1n) is 5.82. The van der Waals surface area contributed by atoms with Crippen molar-refractivity contribution < 1.29 is 4.79 Å². The van der Waals surface area contributed by atoms with Gasteiger partial charge in [-0.15, -0.1) is 0 Å². The fourth-order valence-electron chi connectivity index (χ4n) is 2.22. The molecular weight excluding hydrogens is 280 g/mol. The largest absolute Gasteiger partial charge is 0.369 e. The molecule has 1 heterocycles. The summed E-state index contributed by atoms with van der Waals surface area (Å²) in [7, 11) is 1.89. The number of halogens is 1. The summed E-state index contributed by atoms with van der Waals surface area (Å²) in [6.07, 6.45) is 1.04. The molecule has 1 saturated heterocycles. The highest BCUT2D eigenvalue weighted by Crippen LogP contribution is 2.25. The van der Waals surface area contributed by atoms with Crippen LogP contribution in [0.25, 0.3) is 0 Å². The third-order valence-electron chi connectivity index (χ3n) is 3.38. The fraction of sp³-hybridized carbons (Fsp3) is 0.462. The molecule has 4 heteroatoms. The maximum atomic E-state index is 11.3. The van der Waals surface area contributed by atoms with Gasteiger partial charge in [0.2, 0.25) is 5.91 Å². The highest BCUT2D eigenvalue weighted by Gasteiger charge is 2.27. The van der Waals surface area contributed by atoms with Crippen LogP contribution in [0.2, 0.25) is 0 Å². The Hall–Kier alpha value is -1.03. The summed E-state index contributed by atoms with van der Waals surface area (Å²) in [5.74, 6) is 0.145. The van der Waals surface area contributed by atoms with Crippen molar-refractivity contribution in [3.05, 3.63) is 28.7 Å². The van der Waals surface area contributed by atoms with E-state index < -0.39 is 0 Å². The Morgan fingerprint density at radius 3 is 2.94 bits per heavy atom. The van der Waals surface area contributed by atoms with Crippen LogP contribution in [0.15, 0.2) is 28.7 Å². The Balaban J connectivity index is 2.05. The molecule has 0 bridgehead atoms. The second kappa shape index (κ2) is 5.08. The first-order chi connectivity index (χ1) is 8.08. The van der Waals surface area contributed by atoms with Crippen molar-refractivity contribution in [3.8, 4) is 0 Å². The highest BCUT2D eigenvalue weighted by molar-refractivity contribution is 9.10. The van der Waals surface area contributed by atoms with E-state index in [4.69, 9.17) is 0 Å². The van der Waals surface area contributed by atoms with E-state index in [-0.39, 0.29) is 5.91 Å². The Bertz CT molecular complexity index is 422. The van der Waals surface area contributed by atoms with Crippen LogP contribution in [0.4, 0.5) is 5.69 Å². The predicted molar refractivity (Wildman–Crippen MR) is 73.2 cm³/mol. The maximum Gasteiger partial charge on any atom is 0.219 e. The predicted octanol–water partition coefficient (Wildman–Crippen LogP) is 2.51. The van der Waals surface area contributed by atoms with Crippen LogP contribution in [0, 0.1) is 0 Å². The topological polar surface area (TPSA) is 23.6 Å². The molecule has 0 unspecified atom stereocenters. The summed E-state index contributed by atoms with van der Waals surface area (Å²) in [6.45, 7) is 3.56. The van der Waals surface area contributed by atoms with Crippen LogP contribution < -0.4 is 4.90 Å². The SMILES string of the molecule is CC(=O)N(C)[C@H]1CCN(c2cccc(Br)c2)C1. The van der Waals surface area contributed by atoms with E-state index >= 15 is 0 Å². The van der Waals surface area contributed by atoms with Crippen molar-refractivity contribution in [3.63, 3.8) is 0 Å². The minimum absolute atomic E-state index is 0.145. The van der Waals surface area contributed by atoms with Gasteiger partial charge in [0.1, 0.15) is 0 Å². The van der Waals surface area contributed by atoms with Crippen molar-refractivity contribution in [1.82, 2.24) is 4.90 Å². The standard InChI is InChI=1S/C13H17BrN2O/c1-10(17)15(2)13-6-7-16(9-13)12-5-3-4-11(14)8-12/h3-5,8,13H,6-7,9H2,1-2H3/t13-/m0/s1. The maximum absolute atomic E-state index is 11.3. The lowest BCUT2D eigenvalue weighted by Gasteiger charge is -2.24. The second-order valence-corrected chi connectivity index (χ2v) is 5.41. The van der Waals surface area contributed by atoms with Gasteiger partial charge in [-0.3, -0.25) is 4.79 Å². The molecule has 0 saturated carbocycles. The van der Waals surface area contributed by atoms with Crippen molar-refractivity contribution >= 4 is 27.5 Å². The number of hydrogen-bond donors (Lipinski definition) is 0. The van der Waals surface area contributed by atoms with Gasteiger partial charge < -0.3 is 9.80 Å². The summed E-state index contributed by atoms with van der Waals surface area (Å²) >= 11 is 3.49. The molecule has 0 aromatic heterocycles. The molecule has 1 aliphatic rings. The van der Waals surface area contributed by atoms with Crippen molar-refractivity contribution in [2.75, 3.05) is 25.0 Å². The van der Waals surface area contributed by atoms with Gasteiger partial charge in [-0.1, -0.05) is 22.0 Å². The number of benzene rings is 1. The molecule has 17 heavy (non-hydrogen) atoms. The average Bonchev–Trinajstić information content (AvgIpc) is 2.77. The summed E-state index contributed by atoms with van der Waals surface area (Å²) in [4.78, 5) is 15.5. The molecule has 1 fully saturated rings. The zero-order chi connectivity index (χ0) is 12.4. The molecule has 0 radical (unpaired) electrons. The zero-order valence-electron chi connectivity index (χ0n) is 10.2. The molecule has 1 aromatic carbocycles. The summed E-state index contributed by atoms with van der Waals surface area (Å²) < 4.78 is 1.10. The van der Waals surface area contributed by atoms with Crippen molar-refractivity contribution in [2.45, 2.75) is 19.4 Å². The highest BCUT2D eigenvalue weighted by atomic mass is 79.9. The van der Waals surface area contributed by atoms with Gasteiger partial charge in [0, 0.05) is 37.2 Å². The van der Waals surface area contributed by atoms with Gasteiger partial charge in [0.15, 0.2) is 0 Å². The molecular formula is C13H17BrN2O. The lowest BCUT2D eigenvalue weighted by atomic mass is 10.2. The van der Waals surface area contributed by atoms with Crippen LogP contribution in [0.3, 0.4) is 0 Å². The lowest BCUT2D eigenvalue weighted by molar-refractivity contribution is -0.129. The summed E-state index contributed by atoms with van der Waals surface area (Å²) in [6, 6.07) is 8.64. The van der Waals surface area contributed by atoms with E-state index in [0.717, 1.165) is 24.0 Å². The number of rotatable bonds is 2. The van der Waals surface area contributed by atoms with Gasteiger partial charge in [-0.2, -0.15) is 0 Å². The molecule has 3 nitrogen and oxygen atoms in total. The van der Waals surface area contributed by atoms with Gasteiger partial charge >= 0.3 is 0 Å². The number of carbonyl (C=O) groups excluding carboxylic acids is 1. The normalized spacial score (nSPS) is 19.5. The number of amides is 1. The van der Waals surface area contributed by atoms with Crippen LogP contribution in [-0.4, -0.2) is 37.0 Å².